The molecule has 2 bridgehead atoms. The zero-order chi connectivity index (χ0) is 13.5. The van der Waals surface area contributed by atoms with E-state index in [1.54, 1.807) is 11.3 Å². The topological polar surface area (TPSA) is 62.4 Å². The molecule has 2 atom stereocenters. The first-order valence-electron chi connectivity index (χ1n) is 7.08. The van der Waals surface area contributed by atoms with Crippen molar-refractivity contribution in [3.05, 3.63) is 22.7 Å². The summed E-state index contributed by atoms with van der Waals surface area (Å²) in [5.41, 5.74) is 1.02. The van der Waals surface area contributed by atoms with Gasteiger partial charge >= 0.3 is 0 Å². The van der Waals surface area contributed by atoms with Gasteiger partial charge in [-0.25, -0.2) is 0 Å². The van der Waals surface area contributed by atoms with Crippen LogP contribution in [0.3, 0.4) is 0 Å². The van der Waals surface area contributed by atoms with Gasteiger partial charge in [0.2, 0.25) is 11.7 Å². The maximum Gasteiger partial charge on any atom is 0.241 e. The number of hydrogen-bond acceptors (Lipinski definition) is 6. The van der Waals surface area contributed by atoms with Crippen molar-refractivity contribution in [3.63, 3.8) is 0 Å². The third kappa shape index (κ3) is 2.17. The maximum absolute atomic E-state index is 9.83. The molecule has 106 valence electrons. The monoisotopic (exact) mass is 291 g/mol. The van der Waals surface area contributed by atoms with Crippen molar-refractivity contribution < 1.29 is 9.63 Å². The molecule has 2 aromatic heterocycles. The third-order valence-electron chi connectivity index (χ3n) is 4.42. The van der Waals surface area contributed by atoms with Gasteiger partial charge < -0.3 is 9.63 Å². The zero-order valence-electron chi connectivity index (χ0n) is 11.1. The largest absolute Gasteiger partial charge is 0.393 e. The molecule has 20 heavy (non-hydrogen) atoms. The van der Waals surface area contributed by atoms with Gasteiger partial charge in [-0.2, -0.15) is 16.3 Å². The number of hydrogen-bond donors (Lipinski definition) is 1. The summed E-state index contributed by atoms with van der Waals surface area (Å²) in [5, 5.41) is 17.9. The molecule has 2 aliphatic heterocycles. The van der Waals surface area contributed by atoms with Crippen molar-refractivity contribution in [1.82, 2.24) is 15.0 Å². The molecule has 0 radical (unpaired) electrons. The van der Waals surface area contributed by atoms with E-state index in [4.69, 9.17) is 4.52 Å². The van der Waals surface area contributed by atoms with Crippen LogP contribution in [0.4, 0.5) is 0 Å². The number of fused-ring (bicyclic) bond motifs is 2. The summed E-state index contributed by atoms with van der Waals surface area (Å²) in [6.07, 6.45) is 3.97. The van der Waals surface area contributed by atoms with Gasteiger partial charge in [0.15, 0.2) is 0 Å². The quantitative estimate of drug-likeness (QED) is 0.940. The van der Waals surface area contributed by atoms with E-state index in [-0.39, 0.29) is 6.10 Å². The lowest BCUT2D eigenvalue weighted by molar-refractivity contribution is 0.0256. The molecule has 2 aromatic rings. The Balaban J connectivity index is 1.50. The molecule has 5 nitrogen and oxygen atoms in total. The Morgan fingerprint density at radius 1 is 1.35 bits per heavy atom. The highest BCUT2D eigenvalue weighted by Gasteiger charge is 2.40. The van der Waals surface area contributed by atoms with E-state index in [9.17, 15) is 5.11 Å². The fraction of sp³-hybridized carbons (Fsp3) is 0.571. The molecule has 4 heterocycles. The summed E-state index contributed by atoms with van der Waals surface area (Å²) in [5.74, 6) is 1.35. The molecule has 1 N–H and O–H groups in total. The van der Waals surface area contributed by atoms with E-state index in [1.807, 2.05) is 16.8 Å². The number of nitrogens with zero attached hydrogens (tertiary/aromatic N) is 3. The molecule has 0 spiro atoms. The molecule has 2 fully saturated rings. The Morgan fingerprint density at radius 2 is 2.15 bits per heavy atom. The van der Waals surface area contributed by atoms with Gasteiger partial charge in [0, 0.05) is 23.0 Å². The van der Waals surface area contributed by atoms with E-state index >= 15 is 0 Å². The summed E-state index contributed by atoms with van der Waals surface area (Å²) < 4.78 is 5.38. The van der Waals surface area contributed by atoms with Gasteiger partial charge in [-0.05, 0) is 37.1 Å². The van der Waals surface area contributed by atoms with Crippen LogP contribution in [0.2, 0.25) is 0 Å². The van der Waals surface area contributed by atoms with Crippen LogP contribution in [0.1, 0.15) is 31.6 Å². The van der Waals surface area contributed by atoms with Gasteiger partial charge in [0.1, 0.15) is 0 Å². The normalized spacial score (nSPS) is 29.9. The third-order valence-corrected chi connectivity index (χ3v) is 5.11. The van der Waals surface area contributed by atoms with Crippen LogP contribution < -0.4 is 0 Å². The van der Waals surface area contributed by atoms with E-state index in [0.717, 1.165) is 18.4 Å². The molecule has 2 aliphatic rings. The molecule has 6 heteroatoms. The first-order valence-corrected chi connectivity index (χ1v) is 8.03. The Kier molecular flexibility index (Phi) is 3.09. The second-order valence-electron chi connectivity index (χ2n) is 5.71. The molecule has 0 amide bonds. The summed E-state index contributed by atoms with van der Waals surface area (Å²) in [6.45, 7) is 0.708. The van der Waals surface area contributed by atoms with Crippen molar-refractivity contribution in [3.8, 4) is 11.4 Å². The minimum atomic E-state index is -0.132. The molecule has 4 rings (SSSR count). The van der Waals surface area contributed by atoms with Gasteiger partial charge in [0.25, 0.3) is 0 Å². The second kappa shape index (κ2) is 4.95. The molecule has 0 saturated carbocycles. The van der Waals surface area contributed by atoms with Gasteiger partial charge in [0.05, 0.1) is 12.6 Å². The van der Waals surface area contributed by atoms with E-state index in [1.165, 1.54) is 12.8 Å². The predicted molar refractivity (Wildman–Crippen MR) is 75.2 cm³/mol. The zero-order valence-corrected chi connectivity index (χ0v) is 11.9. The standard InChI is InChI=1S/C14H17N3O2S/c18-12-5-10-1-2-11(6-12)17(10)7-13-15-14(16-19-13)9-3-4-20-8-9/h3-4,8,10-12,18H,1-2,5-7H2. The van der Waals surface area contributed by atoms with Crippen molar-refractivity contribution in [2.24, 2.45) is 0 Å². The van der Waals surface area contributed by atoms with Crippen LogP contribution in [0, 0.1) is 0 Å². The number of thiophene rings is 1. The van der Waals surface area contributed by atoms with Crippen molar-refractivity contribution in [2.75, 3.05) is 0 Å². The molecular formula is C14H17N3O2S. The van der Waals surface area contributed by atoms with Crippen LogP contribution in [0.5, 0.6) is 0 Å². The van der Waals surface area contributed by atoms with Crippen LogP contribution >= 0.6 is 11.3 Å². The smallest absolute Gasteiger partial charge is 0.241 e. The summed E-state index contributed by atoms with van der Waals surface area (Å²) in [4.78, 5) is 6.92. The van der Waals surface area contributed by atoms with Gasteiger partial charge in [-0.3, -0.25) is 4.90 Å². The van der Waals surface area contributed by atoms with E-state index in [0.29, 0.717) is 30.3 Å². The summed E-state index contributed by atoms with van der Waals surface area (Å²) >= 11 is 1.63. The number of aliphatic hydroxyl groups is 1. The fourth-order valence-electron chi connectivity index (χ4n) is 3.49. The Hall–Kier alpha value is -1.24. The highest BCUT2D eigenvalue weighted by Crippen LogP contribution is 2.36. The highest BCUT2D eigenvalue weighted by atomic mass is 32.1. The minimum absolute atomic E-state index is 0.132. The first-order chi connectivity index (χ1) is 9.79. The number of rotatable bonds is 3. The van der Waals surface area contributed by atoms with Crippen LogP contribution in [-0.2, 0) is 6.54 Å². The Morgan fingerprint density at radius 3 is 2.85 bits per heavy atom. The molecule has 0 aromatic carbocycles. The average Bonchev–Trinajstić information content (AvgIpc) is 3.12. The Bertz CT molecular complexity index is 569. The number of aromatic nitrogens is 2. The molecule has 0 aliphatic carbocycles. The van der Waals surface area contributed by atoms with Gasteiger partial charge in [-0.15, -0.1) is 0 Å². The van der Waals surface area contributed by atoms with E-state index < -0.39 is 0 Å². The summed E-state index contributed by atoms with van der Waals surface area (Å²) in [6, 6.07) is 2.95. The molecule has 2 unspecified atom stereocenters. The van der Waals surface area contributed by atoms with Crippen molar-refractivity contribution >= 4 is 11.3 Å². The molecule has 2 saturated heterocycles. The van der Waals surface area contributed by atoms with Gasteiger partial charge in [-0.1, -0.05) is 5.16 Å². The summed E-state index contributed by atoms with van der Waals surface area (Å²) in [7, 11) is 0. The SMILES string of the molecule is OC1CC2CCC(C1)N2Cc1nc(-c2ccsc2)no1. The second-order valence-corrected chi connectivity index (χ2v) is 6.49. The molecular weight excluding hydrogens is 274 g/mol. The highest BCUT2D eigenvalue weighted by molar-refractivity contribution is 7.08. The Labute approximate surface area is 121 Å². The lowest BCUT2D eigenvalue weighted by atomic mass is 10.00. The van der Waals surface area contributed by atoms with E-state index in [2.05, 4.69) is 15.0 Å². The van der Waals surface area contributed by atoms with Crippen molar-refractivity contribution in [1.29, 1.82) is 0 Å². The average molecular weight is 291 g/mol. The number of piperidine rings is 1. The fourth-order valence-corrected chi connectivity index (χ4v) is 4.12. The van der Waals surface area contributed by atoms with Crippen LogP contribution in [-0.4, -0.2) is 38.3 Å². The van der Waals surface area contributed by atoms with Crippen LogP contribution in [0.15, 0.2) is 21.3 Å². The minimum Gasteiger partial charge on any atom is -0.393 e. The lowest BCUT2D eigenvalue weighted by Crippen LogP contribution is -2.44. The number of aliphatic hydroxyl groups excluding tert-OH is 1. The lowest BCUT2D eigenvalue weighted by Gasteiger charge is -2.36. The van der Waals surface area contributed by atoms with Crippen molar-refractivity contribution in [2.45, 2.75) is 50.4 Å². The van der Waals surface area contributed by atoms with Crippen LogP contribution in [0.25, 0.3) is 11.4 Å². The predicted octanol–water partition coefficient (Wildman–Crippen LogP) is 2.29. The maximum atomic E-state index is 9.83. The first kappa shape index (κ1) is 12.5.